The highest BCUT2D eigenvalue weighted by Crippen LogP contribution is 2.28. The highest BCUT2D eigenvalue weighted by atomic mass is 35.5. The van der Waals surface area contributed by atoms with E-state index in [0.717, 1.165) is 16.3 Å². The number of hydrogen-bond acceptors (Lipinski definition) is 2. The Balaban J connectivity index is 2.91. The topological polar surface area (TPSA) is 35.2 Å². The van der Waals surface area contributed by atoms with Crippen LogP contribution in [0, 0.1) is 12.3 Å². The Morgan fingerprint density at radius 1 is 1.29 bits per heavy atom. The molecule has 2 unspecified atom stereocenters. The first kappa shape index (κ1) is 14.3. The number of benzene rings is 1. The van der Waals surface area contributed by atoms with Crippen LogP contribution >= 0.6 is 11.6 Å². The average Bonchev–Trinajstić information content (AvgIpc) is 2.17. The highest BCUT2D eigenvalue weighted by Gasteiger charge is 2.29. The van der Waals surface area contributed by atoms with Crippen molar-refractivity contribution in [2.24, 2.45) is 11.1 Å². The van der Waals surface area contributed by atoms with Gasteiger partial charge in [0.25, 0.3) is 0 Å². The minimum absolute atomic E-state index is 0.00169. The van der Waals surface area contributed by atoms with Gasteiger partial charge in [0.05, 0.1) is 0 Å². The van der Waals surface area contributed by atoms with Crippen LogP contribution in [-0.2, 0) is 0 Å². The lowest BCUT2D eigenvalue weighted by Crippen LogP contribution is -2.45. The molecule has 0 fully saturated rings. The number of hydrogen-bond donors (Lipinski definition) is 1. The normalized spacial score (nSPS) is 15.5. The van der Waals surface area contributed by atoms with E-state index in [0.29, 0.717) is 0 Å². The third kappa shape index (κ3) is 3.90. The Hall–Kier alpha value is -0.730. The van der Waals surface area contributed by atoms with Crippen molar-refractivity contribution in [3.8, 4) is 5.75 Å². The van der Waals surface area contributed by atoms with Crippen molar-refractivity contribution < 1.29 is 4.74 Å². The van der Waals surface area contributed by atoms with Crippen LogP contribution in [0.3, 0.4) is 0 Å². The second kappa shape index (κ2) is 5.28. The Bertz CT molecular complexity index is 382. The van der Waals surface area contributed by atoms with E-state index >= 15 is 0 Å². The smallest absolute Gasteiger partial charge is 0.120 e. The predicted octanol–water partition coefficient (Wildman–Crippen LogP) is 3.79. The summed E-state index contributed by atoms with van der Waals surface area (Å²) in [5.74, 6) is 0.823. The first-order chi connectivity index (χ1) is 7.71. The van der Waals surface area contributed by atoms with Crippen LogP contribution in [0.5, 0.6) is 5.75 Å². The summed E-state index contributed by atoms with van der Waals surface area (Å²) >= 11 is 5.99. The number of ether oxygens (including phenoxy) is 1. The molecule has 0 saturated heterocycles. The molecule has 0 aliphatic heterocycles. The zero-order valence-electron chi connectivity index (χ0n) is 11.3. The standard InChI is InChI=1S/C14H22ClNO/c1-9-8-11(6-7-12(9)15)17-13(10(2)16)14(3,4)5/h6-8,10,13H,16H2,1-5H3. The van der Waals surface area contributed by atoms with Crippen LogP contribution < -0.4 is 10.5 Å². The van der Waals surface area contributed by atoms with Gasteiger partial charge in [-0.3, -0.25) is 0 Å². The number of halogens is 1. The molecule has 2 nitrogen and oxygen atoms in total. The lowest BCUT2D eigenvalue weighted by Gasteiger charge is -2.34. The highest BCUT2D eigenvalue weighted by molar-refractivity contribution is 6.31. The second-order valence-electron chi connectivity index (χ2n) is 5.67. The summed E-state index contributed by atoms with van der Waals surface area (Å²) in [6.45, 7) is 10.3. The van der Waals surface area contributed by atoms with Gasteiger partial charge in [-0.1, -0.05) is 32.4 Å². The second-order valence-corrected chi connectivity index (χ2v) is 6.08. The number of nitrogens with two attached hydrogens (primary N) is 1. The Morgan fingerprint density at radius 2 is 1.88 bits per heavy atom. The summed E-state index contributed by atoms with van der Waals surface area (Å²) in [4.78, 5) is 0. The van der Waals surface area contributed by atoms with Gasteiger partial charge >= 0.3 is 0 Å². The van der Waals surface area contributed by atoms with E-state index in [1.54, 1.807) is 0 Å². The molecule has 17 heavy (non-hydrogen) atoms. The van der Waals surface area contributed by atoms with Gasteiger partial charge in [-0.05, 0) is 37.6 Å². The molecule has 0 spiro atoms. The molecule has 0 aromatic heterocycles. The maximum Gasteiger partial charge on any atom is 0.120 e. The molecular formula is C14H22ClNO. The fourth-order valence-electron chi connectivity index (χ4n) is 1.91. The summed E-state index contributed by atoms with van der Waals surface area (Å²) in [5.41, 5.74) is 7.00. The van der Waals surface area contributed by atoms with Crippen molar-refractivity contribution in [1.82, 2.24) is 0 Å². The maximum absolute atomic E-state index is 5.99. The minimum atomic E-state index is -0.0249. The van der Waals surface area contributed by atoms with Crippen molar-refractivity contribution >= 4 is 11.6 Å². The Labute approximate surface area is 109 Å². The molecule has 0 radical (unpaired) electrons. The minimum Gasteiger partial charge on any atom is -0.488 e. The summed E-state index contributed by atoms with van der Waals surface area (Å²) in [5, 5.41) is 0.755. The summed E-state index contributed by atoms with van der Waals surface area (Å²) < 4.78 is 5.99. The van der Waals surface area contributed by atoms with E-state index in [4.69, 9.17) is 22.1 Å². The third-order valence-corrected chi connectivity index (χ3v) is 3.15. The van der Waals surface area contributed by atoms with E-state index in [1.165, 1.54) is 0 Å². The van der Waals surface area contributed by atoms with Gasteiger partial charge in [0.1, 0.15) is 11.9 Å². The SMILES string of the molecule is Cc1cc(OC(C(C)N)C(C)(C)C)ccc1Cl. The fourth-order valence-corrected chi connectivity index (χ4v) is 2.03. The quantitative estimate of drug-likeness (QED) is 0.892. The van der Waals surface area contributed by atoms with Crippen molar-refractivity contribution in [3.63, 3.8) is 0 Å². The maximum atomic E-state index is 5.99. The molecule has 2 N–H and O–H groups in total. The van der Waals surface area contributed by atoms with E-state index in [9.17, 15) is 0 Å². The summed E-state index contributed by atoms with van der Waals surface area (Å²) in [6, 6.07) is 5.67. The molecule has 0 aliphatic carbocycles. The zero-order valence-corrected chi connectivity index (χ0v) is 12.0. The number of aryl methyl sites for hydroxylation is 1. The molecule has 2 atom stereocenters. The lowest BCUT2D eigenvalue weighted by molar-refractivity contribution is 0.0684. The van der Waals surface area contributed by atoms with E-state index in [-0.39, 0.29) is 17.6 Å². The molecule has 0 bridgehead atoms. The fraction of sp³-hybridized carbons (Fsp3) is 0.571. The first-order valence-corrected chi connectivity index (χ1v) is 6.28. The van der Waals surface area contributed by atoms with Gasteiger partial charge in [0.2, 0.25) is 0 Å². The molecular weight excluding hydrogens is 234 g/mol. The first-order valence-electron chi connectivity index (χ1n) is 5.90. The van der Waals surface area contributed by atoms with Crippen LogP contribution in [0.2, 0.25) is 5.02 Å². The lowest BCUT2D eigenvalue weighted by atomic mass is 9.85. The van der Waals surface area contributed by atoms with Crippen molar-refractivity contribution in [1.29, 1.82) is 0 Å². The van der Waals surface area contributed by atoms with E-state index < -0.39 is 0 Å². The van der Waals surface area contributed by atoms with Gasteiger partial charge in [-0.2, -0.15) is 0 Å². The molecule has 0 saturated carbocycles. The molecule has 0 aliphatic rings. The number of rotatable bonds is 3. The average molecular weight is 256 g/mol. The molecule has 96 valence electrons. The molecule has 0 heterocycles. The van der Waals surface area contributed by atoms with Gasteiger partial charge in [-0.15, -0.1) is 0 Å². The monoisotopic (exact) mass is 255 g/mol. The van der Waals surface area contributed by atoms with E-state index in [1.807, 2.05) is 32.0 Å². The molecule has 0 amide bonds. The Kier molecular flexibility index (Phi) is 4.45. The molecule has 1 rings (SSSR count). The van der Waals surface area contributed by atoms with Gasteiger partial charge in [-0.25, -0.2) is 0 Å². The van der Waals surface area contributed by atoms with Crippen LogP contribution in [0.1, 0.15) is 33.3 Å². The third-order valence-electron chi connectivity index (χ3n) is 2.72. The molecule has 1 aromatic rings. The van der Waals surface area contributed by atoms with Crippen molar-refractivity contribution in [3.05, 3.63) is 28.8 Å². The van der Waals surface area contributed by atoms with Gasteiger partial charge in [0.15, 0.2) is 0 Å². The van der Waals surface area contributed by atoms with Crippen LogP contribution in [0.4, 0.5) is 0 Å². The predicted molar refractivity (Wildman–Crippen MR) is 73.7 cm³/mol. The van der Waals surface area contributed by atoms with Crippen LogP contribution in [0.15, 0.2) is 18.2 Å². The van der Waals surface area contributed by atoms with E-state index in [2.05, 4.69) is 20.8 Å². The van der Waals surface area contributed by atoms with Crippen LogP contribution in [-0.4, -0.2) is 12.1 Å². The van der Waals surface area contributed by atoms with Gasteiger partial charge < -0.3 is 10.5 Å². The van der Waals surface area contributed by atoms with Crippen molar-refractivity contribution in [2.75, 3.05) is 0 Å². The molecule has 1 aromatic carbocycles. The molecule has 3 heteroatoms. The summed E-state index contributed by atoms with van der Waals surface area (Å²) in [6.07, 6.45) is -0.0249. The van der Waals surface area contributed by atoms with Crippen LogP contribution in [0.25, 0.3) is 0 Å². The largest absolute Gasteiger partial charge is 0.488 e. The zero-order chi connectivity index (χ0) is 13.2. The van der Waals surface area contributed by atoms with Crippen molar-refractivity contribution in [2.45, 2.75) is 46.8 Å². The Morgan fingerprint density at radius 3 is 2.29 bits per heavy atom. The summed E-state index contributed by atoms with van der Waals surface area (Å²) in [7, 11) is 0. The van der Waals surface area contributed by atoms with Gasteiger partial charge in [0, 0.05) is 16.5 Å².